The lowest BCUT2D eigenvalue weighted by Crippen LogP contribution is -2.33. The highest BCUT2D eigenvalue weighted by molar-refractivity contribution is 6.33. The predicted molar refractivity (Wildman–Crippen MR) is 41.9 cm³/mol. The molecule has 0 amide bonds. The predicted octanol–water partition coefficient (Wildman–Crippen LogP) is 0.360. The number of hydrogen-bond acceptors (Lipinski definition) is 3. The van der Waals surface area contributed by atoms with Gasteiger partial charge < -0.3 is 5.11 Å². The Morgan fingerprint density at radius 3 is 2.92 bits per heavy atom. The SMILES string of the molecule is CC(Cl)(Cn1cncn1)C(=O)O. The fourth-order valence-corrected chi connectivity index (χ4v) is 0.809. The second-order valence-corrected chi connectivity index (χ2v) is 3.43. The van der Waals surface area contributed by atoms with E-state index in [2.05, 4.69) is 10.1 Å². The molecule has 1 unspecified atom stereocenters. The van der Waals surface area contributed by atoms with Crippen LogP contribution in [0.1, 0.15) is 6.92 Å². The first-order chi connectivity index (χ1) is 5.52. The molecule has 0 fully saturated rings. The Morgan fingerprint density at radius 2 is 2.50 bits per heavy atom. The van der Waals surface area contributed by atoms with Gasteiger partial charge in [-0.25, -0.2) is 4.98 Å². The van der Waals surface area contributed by atoms with Gasteiger partial charge in [-0.05, 0) is 6.92 Å². The first-order valence-corrected chi connectivity index (χ1v) is 3.65. The quantitative estimate of drug-likeness (QED) is 0.698. The molecule has 0 bridgehead atoms. The van der Waals surface area contributed by atoms with E-state index in [0.29, 0.717) is 0 Å². The van der Waals surface area contributed by atoms with Crippen molar-refractivity contribution in [3.63, 3.8) is 0 Å². The van der Waals surface area contributed by atoms with Gasteiger partial charge in [0.05, 0.1) is 6.54 Å². The number of halogens is 1. The van der Waals surface area contributed by atoms with E-state index in [1.165, 1.54) is 24.3 Å². The van der Waals surface area contributed by atoms with Gasteiger partial charge in [0.15, 0.2) is 4.87 Å². The summed E-state index contributed by atoms with van der Waals surface area (Å²) in [6, 6.07) is 0. The van der Waals surface area contributed by atoms with E-state index in [-0.39, 0.29) is 6.54 Å². The highest BCUT2D eigenvalue weighted by Gasteiger charge is 2.30. The molecule has 1 aromatic heterocycles. The maximum Gasteiger partial charge on any atom is 0.326 e. The fraction of sp³-hybridized carbons (Fsp3) is 0.500. The van der Waals surface area contributed by atoms with E-state index in [9.17, 15) is 4.79 Å². The summed E-state index contributed by atoms with van der Waals surface area (Å²) in [6.07, 6.45) is 2.75. The molecule has 1 heterocycles. The van der Waals surface area contributed by atoms with Crippen molar-refractivity contribution < 1.29 is 9.90 Å². The van der Waals surface area contributed by atoms with E-state index in [4.69, 9.17) is 16.7 Å². The van der Waals surface area contributed by atoms with Gasteiger partial charge in [-0.1, -0.05) is 0 Å². The third-order valence-corrected chi connectivity index (χ3v) is 1.65. The van der Waals surface area contributed by atoms with Crippen LogP contribution < -0.4 is 0 Å². The summed E-state index contributed by atoms with van der Waals surface area (Å²) in [6.45, 7) is 1.52. The molecule has 66 valence electrons. The molecule has 1 aromatic rings. The number of carbonyl (C=O) groups is 1. The number of hydrogen-bond donors (Lipinski definition) is 1. The third kappa shape index (κ3) is 1.94. The van der Waals surface area contributed by atoms with Gasteiger partial charge in [-0.3, -0.25) is 9.48 Å². The third-order valence-electron chi connectivity index (χ3n) is 1.37. The van der Waals surface area contributed by atoms with Crippen LogP contribution in [0.25, 0.3) is 0 Å². The summed E-state index contributed by atoms with van der Waals surface area (Å²) >= 11 is 5.67. The number of carboxylic acid groups (broad SMARTS) is 1. The van der Waals surface area contributed by atoms with Crippen molar-refractivity contribution in [2.24, 2.45) is 0 Å². The Kier molecular flexibility index (Phi) is 2.32. The lowest BCUT2D eigenvalue weighted by molar-refractivity contribution is -0.140. The highest BCUT2D eigenvalue weighted by atomic mass is 35.5. The summed E-state index contributed by atoms with van der Waals surface area (Å²) in [7, 11) is 0. The number of carboxylic acids is 1. The highest BCUT2D eigenvalue weighted by Crippen LogP contribution is 2.16. The van der Waals surface area contributed by atoms with E-state index in [1.54, 1.807) is 0 Å². The largest absolute Gasteiger partial charge is 0.480 e. The normalized spacial score (nSPS) is 15.5. The molecule has 6 heteroatoms. The van der Waals surface area contributed by atoms with E-state index in [0.717, 1.165) is 0 Å². The summed E-state index contributed by atoms with van der Waals surface area (Å²) in [5.74, 6) is -1.07. The van der Waals surface area contributed by atoms with Crippen molar-refractivity contribution in [2.45, 2.75) is 18.3 Å². The van der Waals surface area contributed by atoms with E-state index >= 15 is 0 Å². The Bertz CT molecular complexity index is 270. The van der Waals surface area contributed by atoms with Gasteiger partial charge in [0.1, 0.15) is 12.7 Å². The Hall–Kier alpha value is -1.10. The van der Waals surface area contributed by atoms with Crippen LogP contribution in [0.4, 0.5) is 0 Å². The smallest absolute Gasteiger partial charge is 0.326 e. The van der Waals surface area contributed by atoms with Crippen molar-refractivity contribution in [1.29, 1.82) is 0 Å². The van der Waals surface area contributed by atoms with Crippen LogP contribution in [0.3, 0.4) is 0 Å². The zero-order valence-corrected chi connectivity index (χ0v) is 7.19. The summed E-state index contributed by atoms with van der Waals surface area (Å²) in [4.78, 5) is 12.9. The number of aliphatic carboxylic acids is 1. The standard InChI is InChI=1S/C6H8ClN3O2/c1-6(7,5(11)12)2-10-4-8-3-9-10/h3-4H,2H2,1H3,(H,11,12). The Morgan fingerprint density at radius 1 is 1.83 bits per heavy atom. The maximum atomic E-state index is 10.6. The molecule has 0 saturated carbocycles. The Labute approximate surface area is 74.0 Å². The topological polar surface area (TPSA) is 68.0 Å². The van der Waals surface area contributed by atoms with Crippen LogP contribution >= 0.6 is 11.6 Å². The van der Waals surface area contributed by atoms with Gasteiger partial charge in [0.25, 0.3) is 0 Å². The minimum absolute atomic E-state index is 0.101. The molecule has 5 nitrogen and oxygen atoms in total. The van der Waals surface area contributed by atoms with Crippen LogP contribution in [0.2, 0.25) is 0 Å². The lowest BCUT2D eigenvalue weighted by Gasteiger charge is -2.15. The molecule has 0 aliphatic heterocycles. The van der Waals surface area contributed by atoms with Crippen molar-refractivity contribution in [2.75, 3.05) is 0 Å². The molecule has 0 saturated heterocycles. The molecule has 0 aliphatic carbocycles. The molecule has 1 atom stereocenters. The molecular weight excluding hydrogens is 182 g/mol. The first kappa shape index (κ1) is 8.99. The zero-order valence-electron chi connectivity index (χ0n) is 6.44. The van der Waals surface area contributed by atoms with Crippen LogP contribution in [0.15, 0.2) is 12.7 Å². The van der Waals surface area contributed by atoms with Gasteiger partial charge >= 0.3 is 5.97 Å². The molecule has 12 heavy (non-hydrogen) atoms. The fourth-order valence-electron chi connectivity index (χ4n) is 0.686. The Balaban J connectivity index is 2.69. The monoisotopic (exact) mass is 189 g/mol. The summed E-state index contributed by atoms with van der Waals surface area (Å²) in [5.41, 5.74) is 0. The van der Waals surface area contributed by atoms with Crippen LogP contribution in [0, 0.1) is 0 Å². The molecule has 0 radical (unpaired) electrons. The molecule has 0 aliphatic rings. The lowest BCUT2D eigenvalue weighted by atomic mass is 10.2. The van der Waals surface area contributed by atoms with Gasteiger partial charge in [0, 0.05) is 0 Å². The summed E-state index contributed by atoms with van der Waals surface area (Å²) < 4.78 is 1.38. The molecular formula is C6H8ClN3O2. The molecule has 1 rings (SSSR count). The second-order valence-electron chi connectivity index (χ2n) is 2.60. The van der Waals surface area contributed by atoms with Crippen LogP contribution in [-0.2, 0) is 11.3 Å². The first-order valence-electron chi connectivity index (χ1n) is 3.27. The van der Waals surface area contributed by atoms with Gasteiger partial charge in [-0.2, -0.15) is 5.10 Å². The zero-order chi connectivity index (χ0) is 9.19. The van der Waals surface area contributed by atoms with Gasteiger partial charge in [0.2, 0.25) is 0 Å². The molecule has 0 aromatic carbocycles. The molecule has 0 spiro atoms. The van der Waals surface area contributed by atoms with Crippen molar-refractivity contribution in [1.82, 2.24) is 14.8 Å². The van der Waals surface area contributed by atoms with Crippen LogP contribution in [0.5, 0.6) is 0 Å². The maximum absolute atomic E-state index is 10.6. The number of aromatic nitrogens is 3. The van der Waals surface area contributed by atoms with E-state index in [1.807, 2.05) is 0 Å². The van der Waals surface area contributed by atoms with E-state index < -0.39 is 10.8 Å². The van der Waals surface area contributed by atoms with Crippen molar-refractivity contribution >= 4 is 17.6 Å². The van der Waals surface area contributed by atoms with Crippen molar-refractivity contribution in [3.05, 3.63) is 12.7 Å². The number of nitrogens with zero attached hydrogens (tertiary/aromatic N) is 3. The molecule has 1 N–H and O–H groups in total. The van der Waals surface area contributed by atoms with Crippen molar-refractivity contribution in [3.8, 4) is 0 Å². The van der Waals surface area contributed by atoms with Crippen LogP contribution in [-0.4, -0.2) is 30.7 Å². The summed E-state index contributed by atoms with van der Waals surface area (Å²) in [5, 5.41) is 12.4. The second kappa shape index (κ2) is 3.10. The number of alkyl halides is 1. The average molecular weight is 190 g/mol. The minimum Gasteiger partial charge on any atom is -0.480 e. The minimum atomic E-state index is -1.33. The average Bonchev–Trinajstić information content (AvgIpc) is 2.38. The number of rotatable bonds is 3. The van der Waals surface area contributed by atoms with Gasteiger partial charge in [-0.15, -0.1) is 11.6 Å².